The van der Waals surface area contributed by atoms with Crippen molar-refractivity contribution >= 4 is 5.97 Å². The van der Waals surface area contributed by atoms with Gasteiger partial charge in [0.15, 0.2) is 5.69 Å². The van der Waals surface area contributed by atoms with Gasteiger partial charge in [-0.3, -0.25) is 4.79 Å². The third-order valence-corrected chi connectivity index (χ3v) is 2.98. The average molecular weight is 279 g/mol. The third kappa shape index (κ3) is 2.69. The molecule has 2 aromatic carbocycles. The Kier molecular flexibility index (Phi) is 3.51. The van der Waals surface area contributed by atoms with E-state index in [4.69, 9.17) is 9.26 Å². The van der Waals surface area contributed by atoms with Crippen molar-refractivity contribution in [3.05, 3.63) is 60.7 Å². The van der Waals surface area contributed by atoms with Crippen LogP contribution in [0.3, 0.4) is 0 Å². The number of carbonyl (C=O) groups is 1. The first kappa shape index (κ1) is 13.1. The summed E-state index contributed by atoms with van der Waals surface area (Å²) in [4.78, 5) is 11.4. The Morgan fingerprint density at radius 1 is 0.952 bits per heavy atom. The summed E-state index contributed by atoms with van der Waals surface area (Å²) in [7, 11) is 0. The first-order valence-corrected chi connectivity index (χ1v) is 6.54. The van der Waals surface area contributed by atoms with E-state index in [9.17, 15) is 4.79 Å². The molecule has 0 amide bonds. The fourth-order valence-electron chi connectivity index (χ4n) is 2.07. The van der Waals surface area contributed by atoms with Crippen LogP contribution in [0.15, 0.2) is 65.2 Å². The van der Waals surface area contributed by atoms with Gasteiger partial charge in [-0.2, -0.15) is 0 Å². The van der Waals surface area contributed by atoms with E-state index in [2.05, 4.69) is 5.16 Å². The molecule has 0 N–H and O–H groups in total. The second kappa shape index (κ2) is 5.63. The number of rotatable bonds is 3. The average Bonchev–Trinajstić information content (AvgIpc) is 2.92. The van der Waals surface area contributed by atoms with E-state index < -0.39 is 5.97 Å². The van der Waals surface area contributed by atoms with Crippen LogP contribution in [0, 0.1) is 0 Å². The Morgan fingerprint density at radius 3 is 2.10 bits per heavy atom. The maximum absolute atomic E-state index is 11.4. The second-order valence-corrected chi connectivity index (χ2v) is 4.52. The fraction of sp³-hybridized carbons (Fsp3) is 0.0588. The number of carbonyl (C=O) groups excluding carboxylic acids is 1. The topological polar surface area (TPSA) is 52.3 Å². The zero-order chi connectivity index (χ0) is 14.7. The van der Waals surface area contributed by atoms with Gasteiger partial charge < -0.3 is 9.26 Å². The summed E-state index contributed by atoms with van der Waals surface area (Å²) in [6.45, 7) is 1.36. The minimum Gasteiger partial charge on any atom is -0.420 e. The highest BCUT2D eigenvalue weighted by Gasteiger charge is 2.21. The zero-order valence-electron chi connectivity index (χ0n) is 11.4. The molecule has 3 aromatic rings. The van der Waals surface area contributed by atoms with Gasteiger partial charge in [0.25, 0.3) is 0 Å². The molecule has 4 heteroatoms. The molecule has 0 aliphatic rings. The predicted molar refractivity (Wildman–Crippen MR) is 78.7 cm³/mol. The zero-order valence-corrected chi connectivity index (χ0v) is 11.4. The van der Waals surface area contributed by atoms with Gasteiger partial charge in [0, 0.05) is 18.1 Å². The molecule has 0 radical (unpaired) electrons. The number of ether oxygens (including phenoxy) is 1. The maximum Gasteiger partial charge on any atom is 0.308 e. The lowest BCUT2D eigenvalue weighted by atomic mass is 10.1. The highest BCUT2D eigenvalue weighted by molar-refractivity contribution is 5.81. The molecule has 104 valence electrons. The molecule has 4 nitrogen and oxygen atoms in total. The van der Waals surface area contributed by atoms with Gasteiger partial charge in [-0.15, -0.1) is 0 Å². The monoisotopic (exact) mass is 279 g/mol. The molecular formula is C17H13NO3. The maximum atomic E-state index is 11.4. The number of aromatic nitrogens is 1. The number of nitrogens with zero attached hydrogens (tertiary/aromatic N) is 1. The summed E-state index contributed by atoms with van der Waals surface area (Å²) in [6, 6.07) is 18.9. The van der Waals surface area contributed by atoms with E-state index in [0.29, 0.717) is 17.2 Å². The molecule has 0 spiro atoms. The van der Waals surface area contributed by atoms with E-state index in [0.717, 1.165) is 11.1 Å². The second-order valence-electron chi connectivity index (χ2n) is 4.52. The van der Waals surface area contributed by atoms with Gasteiger partial charge >= 0.3 is 5.97 Å². The molecule has 1 heterocycles. The Morgan fingerprint density at radius 2 is 1.52 bits per heavy atom. The van der Waals surface area contributed by atoms with Gasteiger partial charge in [-0.25, -0.2) is 0 Å². The van der Waals surface area contributed by atoms with Crippen molar-refractivity contribution in [3.63, 3.8) is 0 Å². The van der Waals surface area contributed by atoms with Gasteiger partial charge in [-0.1, -0.05) is 65.8 Å². The third-order valence-electron chi connectivity index (χ3n) is 2.98. The molecule has 0 aliphatic heterocycles. The van der Waals surface area contributed by atoms with E-state index in [-0.39, 0.29) is 0 Å². The van der Waals surface area contributed by atoms with Crippen LogP contribution in [-0.2, 0) is 4.79 Å². The SMILES string of the molecule is CC(=O)Oc1c(-c2ccccc2)noc1-c1ccccc1. The summed E-state index contributed by atoms with van der Waals surface area (Å²) >= 11 is 0. The van der Waals surface area contributed by atoms with Crippen LogP contribution in [0.2, 0.25) is 0 Å². The van der Waals surface area contributed by atoms with Gasteiger partial charge in [0.2, 0.25) is 11.5 Å². The predicted octanol–water partition coefficient (Wildman–Crippen LogP) is 3.93. The van der Waals surface area contributed by atoms with Crippen molar-refractivity contribution < 1.29 is 14.1 Å². The number of benzene rings is 2. The summed E-state index contributed by atoms with van der Waals surface area (Å²) in [5.74, 6) is 0.386. The van der Waals surface area contributed by atoms with E-state index in [1.54, 1.807) is 0 Å². The van der Waals surface area contributed by atoms with E-state index >= 15 is 0 Å². The standard InChI is InChI=1S/C17H13NO3/c1-12(19)20-17-15(13-8-4-2-5-9-13)18-21-16(17)14-10-6-3-7-11-14/h2-11H,1H3. The molecular weight excluding hydrogens is 266 g/mol. The van der Waals surface area contributed by atoms with Crippen LogP contribution in [0.1, 0.15) is 6.92 Å². The molecule has 1 aromatic heterocycles. The molecule has 0 saturated heterocycles. The lowest BCUT2D eigenvalue weighted by Crippen LogP contribution is -2.02. The van der Waals surface area contributed by atoms with Crippen LogP contribution in [0.25, 0.3) is 22.6 Å². The first-order chi connectivity index (χ1) is 10.3. The van der Waals surface area contributed by atoms with Gasteiger partial charge in [0.1, 0.15) is 0 Å². The summed E-state index contributed by atoms with van der Waals surface area (Å²) in [5, 5.41) is 4.06. The van der Waals surface area contributed by atoms with Crippen LogP contribution in [0.5, 0.6) is 5.75 Å². The first-order valence-electron chi connectivity index (χ1n) is 6.54. The summed E-state index contributed by atoms with van der Waals surface area (Å²) < 4.78 is 10.7. The van der Waals surface area contributed by atoms with Crippen molar-refractivity contribution in [1.82, 2.24) is 5.16 Å². The van der Waals surface area contributed by atoms with Crippen LogP contribution in [-0.4, -0.2) is 11.1 Å². The van der Waals surface area contributed by atoms with Crippen molar-refractivity contribution in [2.75, 3.05) is 0 Å². The number of hydrogen-bond acceptors (Lipinski definition) is 4. The molecule has 3 rings (SSSR count). The molecule has 0 saturated carbocycles. The van der Waals surface area contributed by atoms with Crippen molar-refractivity contribution in [1.29, 1.82) is 0 Å². The molecule has 0 atom stereocenters. The van der Waals surface area contributed by atoms with Crippen LogP contribution in [0.4, 0.5) is 0 Å². The van der Waals surface area contributed by atoms with Crippen molar-refractivity contribution in [2.24, 2.45) is 0 Å². The quantitative estimate of drug-likeness (QED) is 0.681. The van der Waals surface area contributed by atoms with E-state index in [1.807, 2.05) is 60.7 Å². The minimum atomic E-state index is -0.410. The van der Waals surface area contributed by atoms with Crippen LogP contribution < -0.4 is 4.74 Å². The fourth-order valence-corrected chi connectivity index (χ4v) is 2.07. The Bertz CT molecular complexity index is 691. The van der Waals surface area contributed by atoms with Gasteiger partial charge in [-0.05, 0) is 0 Å². The Labute approximate surface area is 122 Å². The van der Waals surface area contributed by atoms with Crippen molar-refractivity contribution in [3.8, 4) is 28.3 Å². The molecule has 0 fully saturated rings. The number of hydrogen-bond donors (Lipinski definition) is 0. The molecule has 0 bridgehead atoms. The summed E-state index contributed by atoms with van der Waals surface area (Å²) in [5.41, 5.74) is 2.16. The minimum absolute atomic E-state index is 0.347. The lowest BCUT2D eigenvalue weighted by Gasteiger charge is -2.03. The highest BCUT2D eigenvalue weighted by Crippen LogP contribution is 2.38. The van der Waals surface area contributed by atoms with E-state index in [1.165, 1.54) is 6.92 Å². The van der Waals surface area contributed by atoms with Crippen LogP contribution >= 0.6 is 0 Å². The highest BCUT2D eigenvalue weighted by atomic mass is 16.6. The Balaban J connectivity index is 2.14. The smallest absolute Gasteiger partial charge is 0.308 e. The lowest BCUT2D eigenvalue weighted by molar-refractivity contribution is -0.131. The molecule has 0 unspecified atom stereocenters. The summed E-state index contributed by atoms with van der Waals surface area (Å²) in [6.07, 6.45) is 0. The number of esters is 1. The molecule has 0 aliphatic carbocycles. The van der Waals surface area contributed by atoms with Gasteiger partial charge in [0.05, 0.1) is 0 Å². The largest absolute Gasteiger partial charge is 0.420 e. The Hall–Kier alpha value is -2.88. The van der Waals surface area contributed by atoms with Crippen molar-refractivity contribution in [2.45, 2.75) is 6.92 Å². The normalized spacial score (nSPS) is 10.3. The molecule has 21 heavy (non-hydrogen) atoms.